The van der Waals surface area contributed by atoms with Crippen molar-refractivity contribution in [2.24, 2.45) is 0 Å². The van der Waals surface area contributed by atoms with Crippen LogP contribution in [0.15, 0.2) is 18.2 Å². The third-order valence-electron chi connectivity index (χ3n) is 3.66. The minimum atomic E-state index is -0.112. The fraction of sp³-hybridized carbons (Fsp3) is 0.533. The molecule has 1 aliphatic heterocycles. The Balaban J connectivity index is 2.30. The number of para-hydroxylation sites is 1. The van der Waals surface area contributed by atoms with Gasteiger partial charge in [-0.1, -0.05) is 6.07 Å². The van der Waals surface area contributed by atoms with E-state index in [0.29, 0.717) is 30.2 Å². The average molecular weight is 278 g/mol. The molecule has 0 aromatic heterocycles. The molecular formula is C15H22N2O3. The summed E-state index contributed by atoms with van der Waals surface area (Å²) >= 11 is 0. The van der Waals surface area contributed by atoms with Crippen molar-refractivity contribution in [1.29, 1.82) is 0 Å². The zero-order valence-electron chi connectivity index (χ0n) is 11.8. The van der Waals surface area contributed by atoms with Gasteiger partial charge in [-0.3, -0.25) is 4.79 Å². The molecule has 0 bridgehead atoms. The topological polar surface area (TPSA) is 75.8 Å². The van der Waals surface area contributed by atoms with Crippen LogP contribution in [0.4, 0.5) is 5.69 Å². The molecular weight excluding hydrogens is 256 g/mol. The number of carbonyl (C=O) groups is 1. The van der Waals surface area contributed by atoms with Crippen LogP contribution in [0.25, 0.3) is 0 Å². The largest absolute Gasteiger partial charge is 0.491 e. The summed E-state index contributed by atoms with van der Waals surface area (Å²) in [4.78, 5) is 14.4. The quantitative estimate of drug-likeness (QED) is 0.821. The van der Waals surface area contributed by atoms with E-state index >= 15 is 0 Å². The van der Waals surface area contributed by atoms with Crippen LogP contribution in [-0.4, -0.2) is 41.7 Å². The number of likely N-dealkylation sites (tertiary alicyclic amines) is 1. The molecule has 110 valence electrons. The predicted molar refractivity (Wildman–Crippen MR) is 77.8 cm³/mol. The van der Waals surface area contributed by atoms with Gasteiger partial charge in [-0.15, -0.1) is 0 Å². The second-order valence-electron chi connectivity index (χ2n) is 4.99. The number of ether oxygens (including phenoxy) is 1. The lowest BCUT2D eigenvalue weighted by molar-refractivity contribution is 0.0499. The van der Waals surface area contributed by atoms with Crippen LogP contribution in [-0.2, 0) is 0 Å². The first-order valence-corrected chi connectivity index (χ1v) is 7.12. The molecule has 0 saturated carbocycles. The number of amides is 1. The number of aliphatic hydroxyl groups is 1. The van der Waals surface area contributed by atoms with E-state index in [1.165, 1.54) is 0 Å². The number of anilines is 1. The monoisotopic (exact) mass is 278 g/mol. The zero-order valence-corrected chi connectivity index (χ0v) is 11.8. The molecule has 5 heteroatoms. The Morgan fingerprint density at radius 3 is 3.00 bits per heavy atom. The lowest BCUT2D eigenvalue weighted by Gasteiger charge is -2.35. The lowest BCUT2D eigenvalue weighted by atomic mass is 10.0. The van der Waals surface area contributed by atoms with Gasteiger partial charge in [-0.25, -0.2) is 0 Å². The number of nitrogens with two attached hydrogens (primary N) is 1. The van der Waals surface area contributed by atoms with E-state index in [-0.39, 0.29) is 18.6 Å². The third kappa shape index (κ3) is 2.88. The van der Waals surface area contributed by atoms with Gasteiger partial charge < -0.3 is 20.5 Å². The summed E-state index contributed by atoms with van der Waals surface area (Å²) in [6.07, 6.45) is 2.85. The summed E-state index contributed by atoms with van der Waals surface area (Å²) in [5.41, 5.74) is 6.84. The second-order valence-corrected chi connectivity index (χ2v) is 4.99. The van der Waals surface area contributed by atoms with Gasteiger partial charge in [0.05, 0.1) is 30.5 Å². The molecule has 20 heavy (non-hydrogen) atoms. The van der Waals surface area contributed by atoms with Crippen LogP contribution >= 0.6 is 0 Å². The van der Waals surface area contributed by atoms with Crippen LogP contribution in [0.3, 0.4) is 0 Å². The first kappa shape index (κ1) is 14.7. The Bertz CT molecular complexity index is 476. The summed E-state index contributed by atoms with van der Waals surface area (Å²) in [7, 11) is 0. The number of nitrogens with zero attached hydrogens (tertiary/aromatic N) is 1. The van der Waals surface area contributed by atoms with Crippen LogP contribution in [0.5, 0.6) is 5.75 Å². The molecule has 1 saturated heterocycles. The van der Waals surface area contributed by atoms with Crippen molar-refractivity contribution in [1.82, 2.24) is 4.90 Å². The standard InChI is InChI=1S/C15H22N2O3/c1-2-20-14-12(7-5-8-13(14)16)15(19)17-9-4-3-6-11(17)10-18/h5,7-8,11,18H,2-4,6,9-10,16H2,1H3. The normalized spacial score (nSPS) is 18.9. The van der Waals surface area contributed by atoms with E-state index in [9.17, 15) is 9.90 Å². The van der Waals surface area contributed by atoms with E-state index in [1.54, 1.807) is 23.1 Å². The molecule has 1 aliphatic rings. The van der Waals surface area contributed by atoms with E-state index in [2.05, 4.69) is 0 Å². The Morgan fingerprint density at radius 2 is 2.30 bits per heavy atom. The van der Waals surface area contributed by atoms with Crippen molar-refractivity contribution in [2.75, 3.05) is 25.5 Å². The van der Waals surface area contributed by atoms with Gasteiger partial charge in [0.1, 0.15) is 0 Å². The Hall–Kier alpha value is -1.75. The van der Waals surface area contributed by atoms with Crippen LogP contribution < -0.4 is 10.5 Å². The average Bonchev–Trinajstić information content (AvgIpc) is 2.48. The zero-order chi connectivity index (χ0) is 14.5. The molecule has 2 rings (SSSR count). The number of rotatable bonds is 4. The van der Waals surface area contributed by atoms with Crippen LogP contribution in [0.1, 0.15) is 36.5 Å². The van der Waals surface area contributed by atoms with Crippen molar-refractivity contribution in [3.8, 4) is 5.75 Å². The second kappa shape index (κ2) is 6.61. The van der Waals surface area contributed by atoms with Gasteiger partial charge in [0.15, 0.2) is 5.75 Å². The first-order chi connectivity index (χ1) is 9.69. The number of aliphatic hydroxyl groups excluding tert-OH is 1. The smallest absolute Gasteiger partial charge is 0.258 e. The maximum absolute atomic E-state index is 12.7. The molecule has 3 N–H and O–H groups in total. The fourth-order valence-corrected chi connectivity index (χ4v) is 2.64. The minimum absolute atomic E-state index is 0.00196. The maximum atomic E-state index is 12.7. The SMILES string of the molecule is CCOc1c(N)cccc1C(=O)N1CCCCC1CO. The van der Waals surface area contributed by atoms with E-state index in [4.69, 9.17) is 10.5 Å². The van der Waals surface area contributed by atoms with Gasteiger partial charge in [0, 0.05) is 6.54 Å². The first-order valence-electron chi connectivity index (χ1n) is 7.12. The molecule has 1 amide bonds. The Morgan fingerprint density at radius 1 is 1.50 bits per heavy atom. The minimum Gasteiger partial charge on any atom is -0.491 e. The summed E-state index contributed by atoms with van der Waals surface area (Å²) in [6, 6.07) is 5.10. The highest BCUT2D eigenvalue weighted by atomic mass is 16.5. The third-order valence-corrected chi connectivity index (χ3v) is 3.66. The number of nitrogen functional groups attached to an aromatic ring is 1. The maximum Gasteiger partial charge on any atom is 0.258 e. The number of carbonyl (C=O) groups excluding carboxylic acids is 1. The van der Waals surface area contributed by atoms with E-state index < -0.39 is 0 Å². The highest BCUT2D eigenvalue weighted by Crippen LogP contribution is 2.29. The van der Waals surface area contributed by atoms with Gasteiger partial charge in [-0.05, 0) is 38.3 Å². The van der Waals surface area contributed by atoms with Crippen molar-refractivity contribution < 1.29 is 14.6 Å². The molecule has 1 aromatic carbocycles. The van der Waals surface area contributed by atoms with E-state index in [1.807, 2.05) is 6.92 Å². The van der Waals surface area contributed by atoms with Crippen molar-refractivity contribution in [3.63, 3.8) is 0 Å². The van der Waals surface area contributed by atoms with Gasteiger partial charge in [0.2, 0.25) is 0 Å². The van der Waals surface area contributed by atoms with Crippen molar-refractivity contribution in [3.05, 3.63) is 23.8 Å². The molecule has 0 aliphatic carbocycles. The molecule has 5 nitrogen and oxygen atoms in total. The van der Waals surface area contributed by atoms with E-state index in [0.717, 1.165) is 19.3 Å². The predicted octanol–water partition coefficient (Wildman–Crippen LogP) is 1.65. The molecule has 1 unspecified atom stereocenters. The van der Waals surface area contributed by atoms with Gasteiger partial charge in [-0.2, -0.15) is 0 Å². The molecule has 1 atom stereocenters. The molecule has 1 heterocycles. The summed E-state index contributed by atoms with van der Waals surface area (Å²) in [5.74, 6) is 0.335. The lowest BCUT2D eigenvalue weighted by Crippen LogP contribution is -2.45. The highest BCUT2D eigenvalue weighted by Gasteiger charge is 2.29. The Labute approximate surface area is 119 Å². The number of hydrogen-bond acceptors (Lipinski definition) is 4. The summed E-state index contributed by atoms with van der Waals surface area (Å²) in [5, 5.41) is 9.43. The number of benzene rings is 1. The summed E-state index contributed by atoms with van der Waals surface area (Å²) < 4.78 is 5.51. The Kier molecular flexibility index (Phi) is 4.84. The van der Waals surface area contributed by atoms with Crippen molar-refractivity contribution >= 4 is 11.6 Å². The number of piperidine rings is 1. The summed E-state index contributed by atoms with van der Waals surface area (Å²) in [6.45, 7) is 2.98. The molecule has 0 spiro atoms. The van der Waals surface area contributed by atoms with Crippen LogP contribution in [0.2, 0.25) is 0 Å². The van der Waals surface area contributed by atoms with Crippen molar-refractivity contribution in [2.45, 2.75) is 32.2 Å². The highest BCUT2D eigenvalue weighted by molar-refractivity contribution is 5.98. The molecule has 1 aromatic rings. The van der Waals surface area contributed by atoms with Crippen LogP contribution in [0, 0.1) is 0 Å². The number of hydrogen-bond donors (Lipinski definition) is 2. The van der Waals surface area contributed by atoms with Gasteiger partial charge >= 0.3 is 0 Å². The van der Waals surface area contributed by atoms with Gasteiger partial charge in [0.25, 0.3) is 5.91 Å². The molecule has 0 radical (unpaired) electrons. The fourth-order valence-electron chi connectivity index (χ4n) is 2.64. The molecule has 1 fully saturated rings.